The lowest BCUT2D eigenvalue weighted by Crippen LogP contribution is -2.34. The van der Waals surface area contributed by atoms with E-state index in [-0.39, 0.29) is 42.2 Å². The van der Waals surface area contributed by atoms with Gasteiger partial charge in [-0.2, -0.15) is 0 Å². The molecule has 238 valence electrons. The molecular weight excluding hydrogens is 576 g/mol. The summed E-state index contributed by atoms with van der Waals surface area (Å²) in [6, 6.07) is 7.92. The number of ketones is 1. The number of amides is 3. The smallest absolute Gasteiger partial charge is 0.242 e. The zero-order valence-corrected chi connectivity index (χ0v) is 26.9. The normalized spacial score (nSPS) is 15.1. The summed E-state index contributed by atoms with van der Waals surface area (Å²) < 4.78 is 2.23. The van der Waals surface area contributed by atoms with E-state index >= 15 is 0 Å². The Labute approximate surface area is 263 Å². The van der Waals surface area contributed by atoms with Crippen molar-refractivity contribution in [3.05, 3.63) is 30.1 Å². The number of nitrogens with zero attached hydrogens (tertiary/aromatic N) is 4. The summed E-state index contributed by atoms with van der Waals surface area (Å²) in [5, 5.41) is 3.10. The Morgan fingerprint density at radius 1 is 0.977 bits per heavy atom. The SMILES string of the molecule is CCCCCCCC(=O)CNC(=O)CSC1CC(=O)N(CCCCn2c(CCCC)nc3c(N)nc4ccccc4c32)C1=O. The van der Waals surface area contributed by atoms with Crippen molar-refractivity contribution >= 4 is 63.0 Å². The number of unbranched alkanes of at least 4 members (excludes halogenated alkanes) is 6. The number of fused-ring (bicyclic) bond motifs is 3. The van der Waals surface area contributed by atoms with Gasteiger partial charge in [-0.25, -0.2) is 9.97 Å². The quantitative estimate of drug-likeness (QED) is 0.137. The third-order valence-electron chi connectivity index (χ3n) is 8.12. The molecule has 0 saturated carbocycles. The number of Topliss-reactive ketones (excluding diaryl/α,β-unsaturated/α-hetero) is 1. The molecule has 1 aromatic carbocycles. The topological polar surface area (TPSA) is 140 Å². The van der Waals surface area contributed by atoms with Crippen molar-refractivity contribution in [3.8, 4) is 0 Å². The van der Waals surface area contributed by atoms with Crippen LogP contribution in [0.4, 0.5) is 5.82 Å². The second-order valence-electron chi connectivity index (χ2n) is 11.6. The van der Waals surface area contributed by atoms with E-state index in [1.807, 2.05) is 24.3 Å². The maximum atomic E-state index is 13.0. The molecule has 1 unspecified atom stereocenters. The van der Waals surface area contributed by atoms with E-state index in [4.69, 9.17) is 10.7 Å². The fourth-order valence-electron chi connectivity index (χ4n) is 5.67. The largest absolute Gasteiger partial charge is 0.382 e. The van der Waals surface area contributed by atoms with Gasteiger partial charge in [0.25, 0.3) is 0 Å². The molecule has 0 aliphatic carbocycles. The number of hydrogen-bond acceptors (Lipinski definition) is 8. The maximum absolute atomic E-state index is 13.0. The second kappa shape index (κ2) is 16.6. The predicted molar refractivity (Wildman–Crippen MR) is 176 cm³/mol. The van der Waals surface area contributed by atoms with Gasteiger partial charge in [0.2, 0.25) is 17.7 Å². The van der Waals surface area contributed by atoms with Crippen LogP contribution in [0.1, 0.15) is 90.3 Å². The number of aryl methyl sites for hydroxylation is 2. The fourth-order valence-corrected chi connectivity index (χ4v) is 6.65. The standard InChI is InChI=1S/C33H46N6O4S/c1-3-5-7-8-9-14-23(40)21-35-28(41)22-44-26-20-29(42)39(33(26)43)19-13-12-18-38-27(17-6-4-2)37-30-31(38)24-15-10-11-16-25(24)36-32(30)34/h10-11,15-16,26H,3-9,12-14,17-22H2,1-2H3,(H2,34,36)(H,35,41). The maximum Gasteiger partial charge on any atom is 0.242 e. The lowest BCUT2D eigenvalue weighted by atomic mass is 10.1. The minimum Gasteiger partial charge on any atom is -0.382 e. The zero-order chi connectivity index (χ0) is 31.5. The zero-order valence-electron chi connectivity index (χ0n) is 26.1. The molecule has 11 heteroatoms. The Morgan fingerprint density at radius 2 is 1.73 bits per heavy atom. The Balaban J connectivity index is 1.26. The van der Waals surface area contributed by atoms with E-state index in [0.29, 0.717) is 31.7 Å². The van der Waals surface area contributed by atoms with Gasteiger partial charge in [-0.3, -0.25) is 24.1 Å². The number of pyridine rings is 1. The van der Waals surface area contributed by atoms with Crippen molar-refractivity contribution in [2.75, 3.05) is 24.6 Å². The Kier molecular flexibility index (Phi) is 12.6. The van der Waals surface area contributed by atoms with E-state index in [1.165, 1.54) is 23.1 Å². The van der Waals surface area contributed by atoms with Crippen molar-refractivity contribution < 1.29 is 19.2 Å². The molecule has 1 atom stereocenters. The second-order valence-corrected chi connectivity index (χ2v) is 12.8. The van der Waals surface area contributed by atoms with Crippen LogP contribution < -0.4 is 11.1 Å². The third kappa shape index (κ3) is 8.58. The highest BCUT2D eigenvalue weighted by atomic mass is 32.2. The number of anilines is 1. The van der Waals surface area contributed by atoms with Crippen LogP contribution in [-0.4, -0.2) is 67.0 Å². The van der Waals surface area contributed by atoms with Gasteiger partial charge >= 0.3 is 0 Å². The van der Waals surface area contributed by atoms with Crippen LogP contribution in [0.15, 0.2) is 24.3 Å². The van der Waals surface area contributed by atoms with Crippen LogP contribution in [0.25, 0.3) is 21.9 Å². The summed E-state index contributed by atoms with van der Waals surface area (Å²) in [5.74, 6) is 0.732. The number of nitrogens with two attached hydrogens (primary N) is 1. The first-order valence-electron chi connectivity index (χ1n) is 16.1. The van der Waals surface area contributed by atoms with Crippen LogP contribution in [0, 0.1) is 0 Å². The summed E-state index contributed by atoms with van der Waals surface area (Å²) in [6.07, 6.45) is 10.2. The first-order valence-corrected chi connectivity index (χ1v) is 17.2. The van der Waals surface area contributed by atoms with E-state index in [0.717, 1.165) is 79.1 Å². The molecule has 3 amide bonds. The molecule has 0 spiro atoms. The predicted octanol–water partition coefficient (Wildman–Crippen LogP) is 5.20. The first-order chi connectivity index (χ1) is 21.3. The van der Waals surface area contributed by atoms with Gasteiger partial charge in [0.15, 0.2) is 11.6 Å². The van der Waals surface area contributed by atoms with E-state index in [1.54, 1.807) is 0 Å². The molecule has 2 aromatic heterocycles. The van der Waals surface area contributed by atoms with Gasteiger partial charge in [0, 0.05) is 37.7 Å². The van der Waals surface area contributed by atoms with Gasteiger partial charge in [0.1, 0.15) is 11.3 Å². The van der Waals surface area contributed by atoms with Crippen molar-refractivity contribution in [1.82, 2.24) is 24.8 Å². The van der Waals surface area contributed by atoms with Crippen LogP contribution in [0.3, 0.4) is 0 Å². The number of rotatable bonds is 19. The van der Waals surface area contributed by atoms with E-state index in [2.05, 4.69) is 28.7 Å². The van der Waals surface area contributed by atoms with Crippen LogP contribution in [0.2, 0.25) is 0 Å². The van der Waals surface area contributed by atoms with E-state index < -0.39 is 5.25 Å². The number of imide groups is 1. The highest BCUT2D eigenvalue weighted by molar-refractivity contribution is 8.01. The Hall–Kier alpha value is -3.47. The molecule has 1 aliphatic rings. The monoisotopic (exact) mass is 622 g/mol. The third-order valence-corrected chi connectivity index (χ3v) is 9.32. The number of carbonyl (C=O) groups excluding carboxylic acids is 4. The van der Waals surface area contributed by atoms with Gasteiger partial charge < -0.3 is 15.6 Å². The number of aromatic nitrogens is 3. The summed E-state index contributed by atoms with van der Waals surface area (Å²) >= 11 is 1.17. The van der Waals surface area contributed by atoms with Gasteiger partial charge in [-0.15, -0.1) is 11.8 Å². The number of hydrogen-bond donors (Lipinski definition) is 2. The summed E-state index contributed by atoms with van der Waals surface area (Å²) in [6.45, 7) is 5.35. The number of nitrogens with one attached hydrogen (secondary N) is 1. The van der Waals surface area contributed by atoms with Crippen LogP contribution in [0.5, 0.6) is 0 Å². The number of para-hydroxylation sites is 1. The van der Waals surface area contributed by atoms with Gasteiger partial charge in [-0.1, -0.05) is 64.2 Å². The average molecular weight is 623 g/mol. The molecule has 10 nitrogen and oxygen atoms in total. The number of benzene rings is 1. The first kappa shape index (κ1) is 33.4. The van der Waals surface area contributed by atoms with Crippen LogP contribution in [-0.2, 0) is 32.1 Å². The Morgan fingerprint density at radius 3 is 2.52 bits per heavy atom. The number of likely N-dealkylation sites (tertiary alicyclic amines) is 1. The average Bonchev–Trinajstić information content (AvgIpc) is 3.52. The molecule has 1 aliphatic heterocycles. The van der Waals surface area contributed by atoms with Crippen molar-refractivity contribution in [2.24, 2.45) is 0 Å². The van der Waals surface area contributed by atoms with Gasteiger partial charge in [0.05, 0.1) is 28.6 Å². The van der Waals surface area contributed by atoms with Crippen molar-refractivity contribution in [3.63, 3.8) is 0 Å². The molecule has 0 radical (unpaired) electrons. The molecule has 4 rings (SSSR count). The highest BCUT2D eigenvalue weighted by Crippen LogP contribution is 2.30. The number of imidazole rings is 1. The van der Waals surface area contributed by atoms with E-state index in [9.17, 15) is 19.2 Å². The number of thioether (sulfide) groups is 1. The minimum atomic E-state index is -0.567. The molecular formula is C33H46N6O4S. The highest BCUT2D eigenvalue weighted by Gasteiger charge is 2.38. The molecule has 0 bridgehead atoms. The molecule has 1 fully saturated rings. The molecule has 1 saturated heterocycles. The van der Waals surface area contributed by atoms with Crippen LogP contribution >= 0.6 is 11.8 Å². The molecule has 3 N–H and O–H groups in total. The summed E-state index contributed by atoms with van der Waals surface area (Å²) in [7, 11) is 0. The van der Waals surface area contributed by atoms with Crippen molar-refractivity contribution in [2.45, 2.75) is 103 Å². The molecule has 44 heavy (non-hydrogen) atoms. The summed E-state index contributed by atoms with van der Waals surface area (Å²) in [5.41, 5.74) is 8.84. The lowest BCUT2D eigenvalue weighted by molar-refractivity contribution is -0.138. The summed E-state index contributed by atoms with van der Waals surface area (Å²) in [4.78, 5) is 60.8. The van der Waals surface area contributed by atoms with Gasteiger partial charge in [-0.05, 0) is 31.7 Å². The minimum absolute atomic E-state index is 0.0160. The number of nitrogen functional groups attached to an aromatic ring is 1. The molecule has 3 heterocycles. The number of carbonyl (C=O) groups is 4. The Bertz CT molecular complexity index is 1470. The van der Waals surface area contributed by atoms with Crippen molar-refractivity contribution in [1.29, 1.82) is 0 Å². The molecule has 3 aromatic rings. The lowest BCUT2D eigenvalue weighted by Gasteiger charge is -2.16. The fraction of sp³-hybridized carbons (Fsp3) is 0.576.